The van der Waals surface area contributed by atoms with Gasteiger partial charge in [-0.25, -0.2) is 4.79 Å². The number of ether oxygens (including phenoxy) is 1. The molecule has 3 aromatic heterocycles. The molecule has 0 radical (unpaired) electrons. The number of carbonyl (C=O) groups is 2. The van der Waals surface area contributed by atoms with E-state index in [1.165, 1.54) is 59.1 Å². The lowest BCUT2D eigenvalue weighted by molar-refractivity contribution is -0.113. The molecule has 10 heteroatoms. The molecule has 5 rings (SSSR count). The summed E-state index contributed by atoms with van der Waals surface area (Å²) in [5, 5.41) is 17.2. The molecule has 0 aliphatic heterocycles. The van der Waals surface area contributed by atoms with Gasteiger partial charge in [-0.2, -0.15) is 0 Å². The lowest BCUT2D eigenvalue weighted by Gasteiger charge is -2.13. The van der Waals surface area contributed by atoms with E-state index in [9.17, 15) is 9.59 Å². The van der Waals surface area contributed by atoms with E-state index in [0.29, 0.717) is 22.3 Å². The van der Waals surface area contributed by atoms with Gasteiger partial charge in [0.2, 0.25) is 5.91 Å². The fourth-order valence-corrected chi connectivity index (χ4v) is 7.72. The molecule has 0 atom stereocenters. The molecule has 4 aromatic rings. The Morgan fingerprint density at radius 1 is 1.08 bits per heavy atom. The van der Waals surface area contributed by atoms with Gasteiger partial charge in [0.05, 0.1) is 12.9 Å². The highest BCUT2D eigenvalue weighted by atomic mass is 32.2. The first-order valence-electron chi connectivity index (χ1n) is 12.6. The maximum atomic E-state index is 13.0. The number of hydrogen-bond acceptors (Lipinski definition) is 8. The summed E-state index contributed by atoms with van der Waals surface area (Å²) in [6, 6.07) is 6.11. The molecule has 0 fully saturated rings. The average Bonchev–Trinajstić information content (AvgIpc) is 3.64. The van der Waals surface area contributed by atoms with Crippen molar-refractivity contribution in [3.8, 4) is 22.5 Å². The van der Waals surface area contributed by atoms with Crippen LogP contribution in [0.2, 0.25) is 0 Å². The third-order valence-electron chi connectivity index (χ3n) is 6.78. The summed E-state index contributed by atoms with van der Waals surface area (Å²) in [6.45, 7) is 6.81. The standard InChI is InChI=1S/C28H30N4O3S3/c1-5-32-25(21-14-36-22-9-7-6-8-18(21)22)30-31-28(32)38-15-23(33)29-26-24(27(34)35-4)20(13-37-26)19-12-16(2)10-11-17(19)3/h10-14H,5-9,15H2,1-4H3,(H,29,33). The van der Waals surface area contributed by atoms with E-state index in [2.05, 4.69) is 32.4 Å². The van der Waals surface area contributed by atoms with Gasteiger partial charge in [0.25, 0.3) is 0 Å². The minimum absolute atomic E-state index is 0.150. The van der Waals surface area contributed by atoms with E-state index in [1.807, 2.05) is 48.8 Å². The van der Waals surface area contributed by atoms with Gasteiger partial charge in [-0.3, -0.25) is 4.79 Å². The molecule has 1 aliphatic rings. The van der Waals surface area contributed by atoms with Crippen molar-refractivity contribution >= 4 is 51.3 Å². The third-order valence-corrected chi connectivity index (χ3v) is 9.74. The number of carbonyl (C=O) groups excluding carboxylic acids is 2. The number of nitrogens with one attached hydrogen (secondary N) is 1. The van der Waals surface area contributed by atoms with E-state index in [1.54, 1.807) is 0 Å². The molecule has 1 aliphatic carbocycles. The van der Waals surface area contributed by atoms with Crippen LogP contribution in [0.5, 0.6) is 0 Å². The summed E-state index contributed by atoms with van der Waals surface area (Å²) in [4.78, 5) is 27.2. The predicted molar refractivity (Wildman–Crippen MR) is 156 cm³/mol. The number of nitrogens with zero attached hydrogens (tertiary/aromatic N) is 3. The molecular formula is C28H30N4O3S3. The zero-order valence-electron chi connectivity index (χ0n) is 21.9. The van der Waals surface area contributed by atoms with Crippen molar-refractivity contribution in [2.75, 3.05) is 18.2 Å². The Morgan fingerprint density at radius 3 is 2.66 bits per heavy atom. The molecule has 0 spiro atoms. The lowest BCUT2D eigenvalue weighted by Crippen LogP contribution is -2.16. The number of methoxy groups -OCH3 is 1. The SMILES string of the molecule is CCn1c(SCC(=O)Nc2scc(-c3cc(C)ccc3C)c2C(=O)OC)nnc1-c1csc2c1CCCC2. The molecule has 0 unspecified atom stereocenters. The second-order valence-electron chi connectivity index (χ2n) is 9.31. The summed E-state index contributed by atoms with van der Waals surface area (Å²) < 4.78 is 7.16. The molecule has 0 bridgehead atoms. The molecule has 0 saturated carbocycles. The van der Waals surface area contributed by atoms with Crippen LogP contribution in [0.25, 0.3) is 22.5 Å². The van der Waals surface area contributed by atoms with Gasteiger partial charge in [-0.05, 0) is 63.1 Å². The number of aryl methyl sites for hydroxylation is 3. The highest BCUT2D eigenvalue weighted by Crippen LogP contribution is 2.39. The number of benzene rings is 1. The normalized spacial score (nSPS) is 12.8. The van der Waals surface area contributed by atoms with Crippen LogP contribution in [0.3, 0.4) is 0 Å². The number of esters is 1. The second kappa shape index (κ2) is 11.4. The largest absolute Gasteiger partial charge is 0.465 e. The smallest absolute Gasteiger partial charge is 0.341 e. The summed E-state index contributed by atoms with van der Waals surface area (Å²) in [6.07, 6.45) is 4.68. The molecule has 3 heterocycles. The van der Waals surface area contributed by atoms with Crippen LogP contribution in [0.15, 0.2) is 34.1 Å². The van der Waals surface area contributed by atoms with Crippen molar-refractivity contribution in [1.29, 1.82) is 0 Å². The van der Waals surface area contributed by atoms with Crippen molar-refractivity contribution in [2.45, 2.75) is 58.2 Å². The molecule has 1 aromatic carbocycles. The van der Waals surface area contributed by atoms with E-state index in [-0.39, 0.29) is 11.7 Å². The van der Waals surface area contributed by atoms with Crippen LogP contribution in [-0.2, 0) is 28.9 Å². The van der Waals surface area contributed by atoms with Crippen molar-refractivity contribution in [3.63, 3.8) is 0 Å². The Kier molecular flexibility index (Phi) is 8.01. The van der Waals surface area contributed by atoms with Crippen LogP contribution in [-0.4, -0.2) is 39.5 Å². The number of aromatic nitrogens is 3. The Bertz CT molecular complexity index is 1500. The zero-order chi connectivity index (χ0) is 26.8. The number of thiophene rings is 2. The van der Waals surface area contributed by atoms with Gasteiger partial charge in [-0.1, -0.05) is 35.5 Å². The second-order valence-corrected chi connectivity index (χ2v) is 12.1. The Labute approximate surface area is 234 Å². The van der Waals surface area contributed by atoms with Gasteiger partial charge in [-0.15, -0.1) is 32.9 Å². The lowest BCUT2D eigenvalue weighted by atomic mass is 9.96. The van der Waals surface area contributed by atoms with Crippen LogP contribution in [0.1, 0.15) is 51.7 Å². The van der Waals surface area contributed by atoms with E-state index >= 15 is 0 Å². The molecule has 38 heavy (non-hydrogen) atoms. The molecule has 1 amide bonds. The highest BCUT2D eigenvalue weighted by Gasteiger charge is 2.25. The minimum atomic E-state index is -0.473. The molecular weight excluding hydrogens is 537 g/mol. The van der Waals surface area contributed by atoms with Crippen LogP contribution in [0, 0.1) is 13.8 Å². The fraction of sp³-hybridized carbons (Fsp3) is 0.357. The number of anilines is 1. The summed E-state index contributed by atoms with van der Waals surface area (Å²) in [5.74, 6) is 0.338. The average molecular weight is 567 g/mol. The number of hydrogen-bond donors (Lipinski definition) is 1. The third kappa shape index (κ3) is 5.17. The quantitative estimate of drug-likeness (QED) is 0.187. The first-order valence-corrected chi connectivity index (χ1v) is 15.4. The topological polar surface area (TPSA) is 86.1 Å². The Morgan fingerprint density at radius 2 is 1.87 bits per heavy atom. The Balaban J connectivity index is 1.34. The van der Waals surface area contributed by atoms with Crippen LogP contribution >= 0.6 is 34.4 Å². The van der Waals surface area contributed by atoms with E-state index < -0.39 is 5.97 Å². The fourth-order valence-electron chi connectivity index (χ4n) is 4.83. The van der Waals surface area contributed by atoms with Crippen molar-refractivity contribution < 1.29 is 14.3 Å². The van der Waals surface area contributed by atoms with E-state index in [0.717, 1.165) is 40.9 Å². The summed E-state index contributed by atoms with van der Waals surface area (Å²) >= 11 is 4.49. The van der Waals surface area contributed by atoms with Crippen molar-refractivity contribution in [2.24, 2.45) is 0 Å². The Hall–Kier alpha value is -2.95. The van der Waals surface area contributed by atoms with Crippen LogP contribution < -0.4 is 5.32 Å². The zero-order valence-corrected chi connectivity index (χ0v) is 24.4. The molecule has 7 nitrogen and oxygen atoms in total. The first kappa shape index (κ1) is 26.6. The van der Waals surface area contributed by atoms with Crippen LogP contribution in [0.4, 0.5) is 5.00 Å². The van der Waals surface area contributed by atoms with Gasteiger partial charge < -0.3 is 14.6 Å². The van der Waals surface area contributed by atoms with Crippen molar-refractivity contribution in [1.82, 2.24) is 14.8 Å². The molecule has 198 valence electrons. The minimum Gasteiger partial charge on any atom is -0.465 e. The number of thioether (sulfide) groups is 1. The van der Waals surface area contributed by atoms with E-state index in [4.69, 9.17) is 4.74 Å². The number of amides is 1. The monoisotopic (exact) mass is 566 g/mol. The summed E-state index contributed by atoms with van der Waals surface area (Å²) in [7, 11) is 1.36. The van der Waals surface area contributed by atoms with Gasteiger partial charge >= 0.3 is 5.97 Å². The van der Waals surface area contributed by atoms with Gasteiger partial charge in [0, 0.05) is 33.3 Å². The maximum Gasteiger partial charge on any atom is 0.341 e. The molecule has 0 saturated heterocycles. The van der Waals surface area contributed by atoms with Gasteiger partial charge in [0.15, 0.2) is 11.0 Å². The van der Waals surface area contributed by atoms with Crippen molar-refractivity contribution in [3.05, 3.63) is 56.1 Å². The first-order chi connectivity index (χ1) is 18.4. The van der Waals surface area contributed by atoms with Gasteiger partial charge in [0.1, 0.15) is 10.6 Å². The maximum absolute atomic E-state index is 13.0. The predicted octanol–water partition coefficient (Wildman–Crippen LogP) is 6.77. The number of fused-ring (bicyclic) bond motifs is 1. The summed E-state index contributed by atoms with van der Waals surface area (Å²) in [5.41, 5.74) is 6.83. The highest BCUT2D eigenvalue weighted by molar-refractivity contribution is 7.99. The number of rotatable bonds is 8. The molecule has 1 N–H and O–H groups in total.